The summed E-state index contributed by atoms with van der Waals surface area (Å²) in [5.74, 6) is 0.137. The molecule has 0 radical (unpaired) electrons. The first-order valence-corrected chi connectivity index (χ1v) is 7.05. The number of rotatable bonds is 2. The van der Waals surface area contributed by atoms with Crippen molar-refractivity contribution in [1.82, 2.24) is 15.0 Å². The zero-order valence-corrected chi connectivity index (χ0v) is 12.7. The summed E-state index contributed by atoms with van der Waals surface area (Å²) >= 11 is 0. The second kappa shape index (κ2) is 4.94. The van der Waals surface area contributed by atoms with Crippen LogP contribution in [0.5, 0.6) is 5.75 Å². The van der Waals surface area contributed by atoms with Gasteiger partial charge < -0.3 is 10.1 Å². The maximum absolute atomic E-state index is 12.5. The Bertz CT molecular complexity index is 860. The van der Waals surface area contributed by atoms with Crippen LogP contribution in [0.3, 0.4) is 0 Å². The van der Waals surface area contributed by atoms with Crippen LogP contribution in [0.1, 0.15) is 31.1 Å². The van der Waals surface area contributed by atoms with E-state index in [2.05, 4.69) is 15.0 Å². The number of aromatic nitrogens is 3. The fraction of sp³-hybridized carbons (Fsp3) is 0.235. The largest absolute Gasteiger partial charge is 0.507 e. The predicted molar refractivity (Wildman–Crippen MR) is 84.8 cm³/mol. The number of carbonyl (C=O) groups is 1. The van der Waals surface area contributed by atoms with Crippen LogP contribution in [0.25, 0.3) is 22.4 Å². The average molecular weight is 295 g/mol. The Morgan fingerprint density at radius 1 is 1.23 bits per heavy atom. The lowest BCUT2D eigenvalue weighted by Gasteiger charge is -2.15. The highest BCUT2D eigenvalue weighted by Gasteiger charge is 2.26. The molecule has 0 aliphatic heterocycles. The van der Waals surface area contributed by atoms with Gasteiger partial charge in [-0.05, 0) is 12.1 Å². The number of nitrogens with one attached hydrogen (secondary N) is 1. The Morgan fingerprint density at radius 2 is 1.95 bits per heavy atom. The molecule has 0 amide bonds. The minimum Gasteiger partial charge on any atom is -0.507 e. The van der Waals surface area contributed by atoms with E-state index in [1.54, 1.807) is 30.6 Å². The monoisotopic (exact) mass is 295 g/mol. The molecule has 112 valence electrons. The zero-order chi connectivity index (χ0) is 15.9. The normalized spacial score (nSPS) is 11.8. The van der Waals surface area contributed by atoms with Gasteiger partial charge in [0.15, 0.2) is 11.4 Å². The van der Waals surface area contributed by atoms with Crippen molar-refractivity contribution in [2.75, 3.05) is 0 Å². The summed E-state index contributed by atoms with van der Waals surface area (Å²) in [7, 11) is 0. The van der Waals surface area contributed by atoms with Crippen LogP contribution in [0.2, 0.25) is 0 Å². The number of benzene rings is 1. The average Bonchev–Trinajstić information content (AvgIpc) is 2.88. The molecule has 2 aromatic heterocycles. The molecule has 5 nitrogen and oxygen atoms in total. The van der Waals surface area contributed by atoms with Gasteiger partial charge in [-0.3, -0.25) is 4.79 Å². The van der Waals surface area contributed by atoms with Crippen LogP contribution in [0, 0.1) is 5.41 Å². The van der Waals surface area contributed by atoms with Gasteiger partial charge in [-0.1, -0.05) is 32.9 Å². The first kappa shape index (κ1) is 14.3. The van der Waals surface area contributed by atoms with Gasteiger partial charge in [-0.2, -0.15) is 0 Å². The number of hydrogen-bond donors (Lipinski definition) is 2. The van der Waals surface area contributed by atoms with Gasteiger partial charge in [-0.15, -0.1) is 0 Å². The lowest BCUT2D eigenvalue weighted by molar-refractivity contribution is 0.0860. The minimum atomic E-state index is -0.498. The third-order valence-electron chi connectivity index (χ3n) is 3.49. The molecule has 0 saturated heterocycles. The van der Waals surface area contributed by atoms with Gasteiger partial charge in [-0.25, -0.2) is 9.97 Å². The molecule has 1 aromatic carbocycles. The molecule has 0 aliphatic rings. The SMILES string of the molecule is CC(C)(C)C(=O)c1c[nH]c2ncc(-c3ccccc3O)nc12. The summed E-state index contributed by atoms with van der Waals surface area (Å²) < 4.78 is 0. The molecule has 0 spiro atoms. The summed E-state index contributed by atoms with van der Waals surface area (Å²) in [5.41, 5.74) is 2.24. The number of nitrogens with zero attached hydrogens (tertiary/aromatic N) is 2. The van der Waals surface area contributed by atoms with Gasteiger partial charge in [0, 0.05) is 17.2 Å². The summed E-state index contributed by atoms with van der Waals surface area (Å²) in [6, 6.07) is 6.93. The maximum Gasteiger partial charge on any atom is 0.171 e. The first-order chi connectivity index (χ1) is 10.4. The van der Waals surface area contributed by atoms with Crippen molar-refractivity contribution in [3.63, 3.8) is 0 Å². The van der Waals surface area contributed by atoms with Gasteiger partial charge in [0.1, 0.15) is 11.3 Å². The van der Waals surface area contributed by atoms with Crippen molar-refractivity contribution >= 4 is 16.9 Å². The predicted octanol–water partition coefficient (Wildman–Crippen LogP) is 3.56. The van der Waals surface area contributed by atoms with E-state index >= 15 is 0 Å². The van der Waals surface area contributed by atoms with Crippen molar-refractivity contribution in [1.29, 1.82) is 0 Å². The molecule has 2 N–H and O–H groups in total. The number of H-pyrrole nitrogens is 1. The lowest BCUT2D eigenvalue weighted by atomic mass is 9.87. The molecule has 2 heterocycles. The number of phenolic OH excluding ortho intramolecular Hbond substituents is 1. The van der Waals surface area contributed by atoms with Gasteiger partial charge >= 0.3 is 0 Å². The van der Waals surface area contributed by atoms with E-state index in [-0.39, 0.29) is 11.5 Å². The Kier molecular flexibility index (Phi) is 3.20. The Labute approximate surface area is 128 Å². The van der Waals surface area contributed by atoms with Crippen molar-refractivity contribution in [2.24, 2.45) is 5.41 Å². The van der Waals surface area contributed by atoms with Gasteiger partial charge in [0.05, 0.1) is 17.5 Å². The highest BCUT2D eigenvalue weighted by Crippen LogP contribution is 2.30. The molecular formula is C17H17N3O2. The molecule has 0 atom stereocenters. The summed E-state index contributed by atoms with van der Waals surface area (Å²) in [5, 5.41) is 9.95. The van der Waals surface area contributed by atoms with Crippen LogP contribution >= 0.6 is 0 Å². The summed E-state index contributed by atoms with van der Waals surface area (Å²) in [6.45, 7) is 5.61. The molecule has 0 saturated carbocycles. The lowest BCUT2D eigenvalue weighted by Crippen LogP contribution is -2.20. The third kappa shape index (κ3) is 2.35. The van der Waals surface area contributed by atoms with Gasteiger partial charge in [0.25, 0.3) is 0 Å². The number of ketones is 1. The fourth-order valence-electron chi connectivity index (χ4n) is 2.29. The van der Waals surface area contributed by atoms with E-state index < -0.39 is 5.41 Å². The highest BCUT2D eigenvalue weighted by atomic mass is 16.3. The van der Waals surface area contributed by atoms with Crippen LogP contribution in [0.15, 0.2) is 36.7 Å². The number of carbonyl (C=O) groups excluding carboxylic acids is 1. The Hall–Kier alpha value is -2.69. The first-order valence-electron chi connectivity index (χ1n) is 7.05. The van der Waals surface area contributed by atoms with Crippen LogP contribution in [0.4, 0.5) is 0 Å². The van der Waals surface area contributed by atoms with E-state index in [0.717, 1.165) is 0 Å². The number of Topliss-reactive ketones (excluding diaryl/α,β-unsaturated/α-hetero) is 1. The maximum atomic E-state index is 12.5. The minimum absolute atomic E-state index is 0.00230. The Balaban J connectivity index is 2.18. The summed E-state index contributed by atoms with van der Waals surface area (Å²) in [6.07, 6.45) is 3.23. The molecule has 0 aliphatic carbocycles. The molecule has 0 unspecified atom stereocenters. The van der Waals surface area contributed by atoms with Crippen molar-refractivity contribution in [3.8, 4) is 17.0 Å². The standard InChI is InChI=1S/C17H17N3O2/c1-17(2,3)15(22)11-8-18-16-14(11)20-12(9-19-16)10-6-4-5-7-13(10)21/h4-9,21H,1-3H3,(H,18,19). The van der Waals surface area contributed by atoms with Crippen molar-refractivity contribution < 1.29 is 9.90 Å². The number of para-hydroxylation sites is 1. The molecule has 0 bridgehead atoms. The molecule has 22 heavy (non-hydrogen) atoms. The van der Waals surface area contributed by atoms with Crippen molar-refractivity contribution in [2.45, 2.75) is 20.8 Å². The fourth-order valence-corrected chi connectivity index (χ4v) is 2.29. The smallest absolute Gasteiger partial charge is 0.171 e. The van der Waals surface area contributed by atoms with Crippen LogP contribution < -0.4 is 0 Å². The zero-order valence-electron chi connectivity index (χ0n) is 12.7. The molecule has 0 fully saturated rings. The Morgan fingerprint density at radius 3 is 2.64 bits per heavy atom. The highest BCUT2D eigenvalue weighted by molar-refractivity contribution is 6.08. The number of aromatic amines is 1. The summed E-state index contributed by atoms with van der Waals surface area (Å²) in [4.78, 5) is 24.3. The molecular weight excluding hydrogens is 278 g/mol. The number of phenols is 1. The van der Waals surface area contributed by atoms with E-state index in [1.807, 2.05) is 26.8 Å². The van der Waals surface area contributed by atoms with Crippen LogP contribution in [-0.2, 0) is 0 Å². The van der Waals surface area contributed by atoms with Crippen LogP contribution in [-0.4, -0.2) is 25.8 Å². The van der Waals surface area contributed by atoms with E-state index in [9.17, 15) is 9.90 Å². The van der Waals surface area contributed by atoms with E-state index in [4.69, 9.17) is 0 Å². The quantitative estimate of drug-likeness (QED) is 0.708. The number of aromatic hydroxyl groups is 1. The second-order valence-corrected chi connectivity index (χ2v) is 6.25. The van der Waals surface area contributed by atoms with Gasteiger partial charge in [0.2, 0.25) is 0 Å². The topological polar surface area (TPSA) is 78.9 Å². The molecule has 3 rings (SSSR count). The van der Waals surface area contributed by atoms with Crippen molar-refractivity contribution in [3.05, 3.63) is 42.2 Å². The number of fused-ring (bicyclic) bond motifs is 1. The molecule has 5 heteroatoms. The third-order valence-corrected chi connectivity index (χ3v) is 3.49. The van der Waals surface area contributed by atoms with E-state index in [1.165, 1.54) is 0 Å². The number of hydrogen-bond acceptors (Lipinski definition) is 4. The molecule has 3 aromatic rings. The second-order valence-electron chi connectivity index (χ2n) is 6.25. The van der Waals surface area contributed by atoms with E-state index in [0.29, 0.717) is 28.0 Å².